The van der Waals surface area contributed by atoms with Crippen LogP contribution in [0.5, 0.6) is 0 Å². The van der Waals surface area contributed by atoms with Crippen molar-refractivity contribution in [3.63, 3.8) is 0 Å². The summed E-state index contributed by atoms with van der Waals surface area (Å²) in [7, 11) is 0. The monoisotopic (exact) mass is 416 g/mol. The molecule has 0 saturated carbocycles. The second kappa shape index (κ2) is 9.55. The third-order valence-electron chi connectivity index (χ3n) is 5.65. The molecule has 0 radical (unpaired) electrons. The van der Waals surface area contributed by atoms with Crippen LogP contribution in [0, 0.1) is 0 Å². The first-order chi connectivity index (χ1) is 15.1. The maximum atomic E-state index is 12.6. The van der Waals surface area contributed by atoms with Gasteiger partial charge in [0.05, 0.1) is 0 Å². The average molecular weight is 417 g/mol. The Hall–Kier alpha value is -3.48. The lowest BCUT2D eigenvalue weighted by Crippen LogP contribution is -2.31. The summed E-state index contributed by atoms with van der Waals surface area (Å²) in [4.78, 5) is 28.0. The molecule has 0 spiro atoms. The van der Waals surface area contributed by atoms with Gasteiger partial charge in [0.2, 0.25) is 11.9 Å². The Morgan fingerprint density at radius 3 is 2.35 bits per heavy atom. The SMILES string of the molecule is Nc1nc(CCc2ccc(C(=O)Cc3ccccc3N)cc2)nc(N2CCCCC2)n1. The number of rotatable bonds is 7. The smallest absolute Gasteiger partial charge is 0.230 e. The van der Waals surface area contributed by atoms with Crippen LogP contribution < -0.4 is 16.4 Å². The number of nitrogen functional groups attached to an aromatic ring is 2. The molecule has 1 aliphatic rings. The zero-order valence-electron chi connectivity index (χ0n) is 17.6. The van der Waals surface area contributed by atoms with E-state index < -0.39 is 0 Å². The number of piperidine rings is 1. The third kappa shape index (κ3) is 5.36. The van der Waals surface area contributed by atoms with E-state index in [1.165, 1.54) is 6.42 Å². The van der Waals surface area contributed by atoms with Gasteiger partial charge in [-0.25, -0.2) is 0 Å². The van der Waals surface area contributed by atoms with Crippen LogP contribution in [-0.2, 0) is 19.3 Å². The minimum atomic E-state index is 0.0564. The van der Waals surface area contributed by atoms with Crippen LogP contribution in [0.3, 0.4) is 0 Å². The maximum Gasteiger partial charge on any atom is 0.230 e. The van der Waals surface area contributed by atoms with Gasteiger partial charge in [-0.15, -0.1) is 0 Å². The first-order valence-corrected chi connectivity index (χ1v) is 10.8. The molecule has 160 valence electrons. The van der Waals surface area contributed by atoms with Crippen LogP contribution in [0.25, 0.3) is 0 Å². The molecule has 1 aliphatic heterocycles. The Morgan fingerprint density at radius 2 is 1.61 bits per heavy atom. The van der Waals surface area contributed by atoms with Crippen molar-refractivity contribution in [1.29, 1.82) is 0 Å². The van der Waals surface area contributed by atoms with Gasteiger partial charge >= 0.3 is 0 Å². The quantitative estimate of drug-likeness (QED) is 0.449. The van der Waals surface area contributed by atoms with E-state index in [9.17, 15) is 4.79 Å². The molecule has 0 unspecified atom stereocenters. The molecule has 0 aliphatic carbocycles. The fourth-order valence-electron chi connectivity index (χ4n) is 3.86. The predicted molar refractivity (Wildman–Crippen MR) is 123 cm³/mol. The van der Waals surface area contributed by atoms with Gasteiger partial charge in [-0.2, -0.15) is 15.0 Å². The fraction of sp³-hybridized carbons (Fsp3) is 0.333. The van der Waals surface area contributed by atoms with Gasteiger partial charge in [-0.1, -0.05) is 42.5 Å². The second-order valence-electron chi connectivity index (χ2n) is 7.95. The molecule has 0 bridgehead atoms. The summed E-state index contributed by atoms with van der Waals surface area (Å²) in [6.45, 7) is 1.93. The molecule has 2 heterocycles. The molecule has 4 N–H and O–H groups in total. The van der Waals surface area contributed by atoms with Gasteiger partial charge < -0.3 is 16.4 Å². The van der Waals surface area contributed by atoms with E-state index in [0.29, 0.717) is 35.9 Å². The fourth-order valence-corrected chi connectivity index (χ4v) is 3.86. The third-order valence-corrected chi connectivity index (χ3v) is 5.65. The summed E-state index contributed by atoms with van der Waals surface area (Å²) in [6, 6.07) is 15.2. The minimum Gasteiger partial charge on any atom is -0.398 e. The van der Waals surface area contributed by atoms with Crippen LogP contribution in [0.4, 0.5) is 17.6 Å². The Labute approximate surface area is 182 Å². The van der Waals surface area contributed by atoms with Crippen LogP contribution in [-0.4, -0.2) is 33.8 Å². The van der Waals surface area contributed by atoms with E-state index in [2.05, 4.69) is 19.9 Å². The summed E-state index contributed by atoms with van der Waals surface area (Å²) in [5, 5.41) is 0. The average Bonchev–Trinajstić information content (AvgIpc) is 2.80. The molecule has 31 heavy (non-hydrogen) atoms. The van der Waals surface area contributed by atoms with E-state index in [1.54, 1.807) is 0 Å². The molecule has 4 rings (SSSR count). The highest BCUT2D eigenvalue weighted by Crippen LogP contribution is 2.18. The van der Waals surface area contributed by atoms with Crippen molar-refractivity contribution in [1.82, 2.24) is 15.0 Å². The van der Waals surface area contributed by atoms with Crippen LogP contribution in [0.15, 0.2) is 48.5 Å². The Kier molecular flexibility index (Phi) is 6.40. The predicted octanol–water partition coefficient (Wildman–Crippen LogP) is 3.24. The molecule has 1 aromatic heterocycles. The van der Waals surface area contributed by atoms with E-state index in [0.717, 1.165) is 43.5 Å². The molecule has 0 amide bonds. The highest BCUT2D eigenvalue weighted by Gasteiger charge is 2.15. The topological polar surface area (TPSA) is 111 Å². The number of aromatic nitrogens is 3. The largest absolute Gasteiger partial charge is 0.398 e. The normalized spacial score (nSPS) is 13.9. The Bertz CT molecular complexity index is 1040. The number of carbonyl (C=O) groups excluding carboxylic acids is 1. The van der Waals surface area contributed by atoms with Crippen molar-refractivity contribution in [2.24, 2.45) is 0 Å². The number of aryl methyl sites for hydroxylation is 2. The molecular weight excluding hydrogens is 388 g/mol. The Balaban J connectivity index is 1.38. The summed E-state index contributed by atoms with van der Waals surface area (Å²) in [6.07, 6.45) is 5.30. The van der Waals surface area contributed by atoms with Crippen molar-refractivity contribution in [3.8, 4) is 0 Å². The summed E-state index contributed by atoms with van der Waals surface area (Å²) >= 11 is 0. The molecule has 7 heteroatoms. The number of ketones is 1. The zero-order valence-corrected chi connectivity index (χ0v) is 17.6. The summed E-state index contributed by atoms with van der Waals surface area (Å²) in [5.74, 6) is 1.71. The number of Topliss-reactive ketones (excluding diaryl/α,β-unsaturated/α-hetero) is 1. The maximum absolute atomic E-state index is 12.6. The van der Waals surface area contributed by atoms with Crippen molar-refractivity contribution in [2.75, 3.05) is 29.5 Å². The number of carbonyl (C=O) groups is 1. The number of hydrogen-bond acceptors (Lipinski definition) is 7. The molecule has 1 saturated heterocycles. The van der Waals surface area contributed by atoms with Crippen LogP contribution in [0.2, 0.25) is 0 Å². The van der Waals surface area contributed by atoms with Gasteiger partial charge in [0.15, 0.2) is 5.78 Å². The standard InChI is InChI=1S/C24H28N6O/c25-20-7-3-2-6-19(20)16-21(31)18-11-8-17(9-12-18)10-13-22-27-23(26)29-24(28-22)30-14-4-1-5-15-30/h2-3,6-9,11-12H,1,4-5,10,13-16,25H2,(H2,26,27,28,29). The van der Waals surface area contributed by atoms with E-state index in [-0.39, 0.29) is 11.7 Å². The molecule has 1 fully saturated rings. The number of para-hydroxylation sites is 1. The van der Waals surface area contributed by atoms with Gasteiger partial charge in [0, 0.05) is 37.2 Å². The zero-order chi connectivity index (χ0) is 21.6. The molecule has 3 aromatic rings. The minimum absolute atomic E-state index is 0.0564. The van der Waals surface area contributed by atoms with Gasteiger partial charge in [0.1, 0.15) is 5.82 Å². The van der Waals surface area contributed by atoms with Gasteiger partial charge in [-0.3, -0.25) is 4.79 Å². The number of nitrogens with two attached hydrogens (primary N) is 2. The molecule has 7 nitrogen and oxygen atoms in total. The van der Waals surface area contributed by atoms with E-state index >= 15 is 0 Å². The number of benzene rings is 2. The first kappa shape index (κ1) is 20.8. The molecule has 2 aromatic carbocycles. The number of anilines is 3. The lowest BCUT2D eigenvalue weighted by atomic mass is 10.00. The first-order valence-electron chi connectivity index (χ1n) is 10.8. The van der Waals surface area contributed by atoms with Crippen LogP contribution >= 0.6 is 0 Å². The Morgan fingerprint density at radius 1 is 0.871 bits per heavy atom. The van der Waals surface area contributed by atoms with E-state index in [1.807, 2.05) is 48.5 Å². The lowest BCUT2D eigenvalue weighted by molar-refractivity contribution is 0.0993. The van der Waals surface area contributed by atoms with Gasteiger partial charge in [-0.05, 0) is 42.9 Å². The van der Waals surface area contributed by atoms with Crippen molar-refractivity contribution in [2.45, 2.75) is 38.5 Å². The lowest BCUT2D eigenvalue weighted by Gasteiger charge is -2.26. The van der Waals surface area contributed by atoms with E-state index in [4.69, 9.17) is 11.5 Å². The van der Waals surface area contributed by atoms with Crippen LogP contribution in [0.1, 0.15) is 46.6 Å². The highest BCUT2D eigenvalue weighted by molar-refractivity contribution is 5.98. The summed E-state index contributed by atoms with van der Waals surface area (Å²) in [5.41, 5.74) is 15.2. The van der Waals surface area contributed by atoms with Crippen molar-refractivity contribution in [3.05, 3.63) is 71.0 Å². The van der Waals surface area contributed by atoms with Gasteiger partial charge in [0.25, 0.3) is 0 Å². The van der Waals surface area contributed by atoms with Crippen molar-refractivity contribution < 1.29 is 4.79 Å². The highest BCUT2D eigenvalue weighted by atomic mass is 16.1. The molecular formula is C24H28N6O. The molecule has 0 atom stereocenters. The van der Waals surface area contributed by atoms with Crippen molar-refractivity contribution >= 4 is 23.4 Å². The summed E-state index contributed by atoms with van der Waals surface area (Å²) < 4.78 is 0. The second-order valence-corrected chi connectivity index (χ2v) is 7.95. The number of nitrogens with zero attached hydrogens (tertiary/aromatic N) is 4. The number of hydrogen-bond donors (Lipinski definition) is 2.